The molecular weight excluding hydrogens is 310 g/mol. The van der Waals surface area contributed by atoms with Gasteiger partial charge in [-0.3, -0.25) is 4.57 Å². The fraction of sp³-hybridized carbons (Fsp3) is 0.150. The molecular formula is C20H19N5. The number of aryl methyl sites for hydroxylation is 1. The lowest BCUT2D eigenvalue weighted by molar-refractivity contribution is 0.756. The van der Waals surface area contributed by atoms with Crippen molar-refractivity contribution >= 4 is 0 Å². The van der Waals surface area contributed by atoms with Crippen molar-refractivity contribution in [2.45, 2.75) is 19.8 Å². The van der Waals surface area contributed by atoms with E-state index in [0.29, 0.717) is 5.95 Å². The highest BCUT2D eigenvalue weighted by molar-refractivity contribution is 5.57. The Morgan fingerprint density at radius 1 is 0.920 bits per heavy atom. The number of rotatable bonds is 5. The van der Waals surface area contributed by atoms with Crippen LogP contribution in [0.3, 0.4) is 0 Å². The summed E-state index contributed by atoms with van der Waals surface area (Å²) in [4.78, 5) is 9.27. The molecule has 0 fully saturated rings. The van der Waals surface area contributed by atoms with E-state index in [-0.39, 0.29) is 0 Å². The van der Waals surface area contributed by atoms with Crippen molar-refractivity contribution in [1.29, 1.82) is 0 Å². The number of benzene rings is 2. The fourth-order valence-corrected chi connectivity index (χ4v) is 2.86. The molecule has 4 aromatic rings. The Kier molecular flexibility index (Phi) is 4.12. The van der Waals surface area contributed by atoms with E-state index in [1.165, 1.54) is 0 Å². The van der Waals surface area contributed by atoms with Gasteiger partial charge in [-0.2, -0.15) is 4.98 Å². The smallest absolute Gasteiger partial charge is 0.255 e. The Balaban J connectivity index is 1.82. The number of hydrogen-bond acceptors (Lipinski definition) is 3. The molecule has 0 aliphatic carbocycles. The molecule has 2 aromatic heterocycles. The normalized spacial score (nSPS) is 10.9. The molecule has 5 nitrogen and oxygen atoms in total. The van der Waals surface area contributed by atoms with Crippen LogP contribution in [0.4, 0.5) is 0 Å². The average molecular weight is 329 g/mol. The van der Waals surface area contributed by atoms with Gasteiger partial charge >= 0.3 is 0 Å². The van der Waals surface area contributed by atoms with Gasteiger partial charge in [-0.15, -0.1) is 5.10 Å². The van der Waals surface area contributed by atoms with Crippen LogP contribution in [-0.4, -0.2) is 24.3 Å². The molecule has 0 spiro atoms. The first kappa shape index (κ1) is 15.3. The lowest BCUT2D eigenvalue weighted by atomic mass is 10.2. The summed E-state index contributed by atoms with van der Waals surface area (Å²) in [6.07, 6.45) is 5.57. The molecule has 0 saturated carbocycles. The summed E-state index contributed by atoms with van der Waals surface area (Å²) >= 11 is 0. The molecule has 0 radical (unpaired) electrons. The number of imidazole rings is 1. The topological polar surface area (TPSA) is 48.5 Å². The largest absolute Gasteiger partial charge is 0.266 e. The van der Waals surface area contributed by atoms with E-state index in [0.717, 1.165) is 35.7 Å². The highest BCUT2D eigenvalue weighted by atomic mass is 15.4. The van der Waals surface area contributed by atoms with E-state index >= 15 is 0 Å². The van der Waals surface area contributed by atoms with E-state index in [4.69, 9.17) is 10.1 Å². The number of aromatic nitrogens is 5. The van der Waals surface area contributed by atoms with Crippen molar-refractivity contribution in [3.8, 4) is 23.0 Å². The lowest BCUT2D eigenvalue weighted by Gasteiger charge is -2.04. The second kappa shape index (κ2) is 6.73. The summed E-state index contributed by atoms with van der Waals surface area (Å²) in [7, 11) is 0. The molecule has 0 bridgehead atoms. The highest BCUT2D eigenvalue weighted by Gasteiger charge is 2.15. The van der Waals surface area contributed by atoms with E-state index in [1.807, 2.05) is 76.1 Å². The van der Waals surface area contributed by atoms with Gasteiger partial charge in [-0.1, -0.05) is 55.5 Å². The summed E-state index contributed by atoms with van der Waals surface area (Å²) in [6, 6.07) is 20.2. The van der Waals surface area contributed by atoms with Gasteiger partial charge in [0, 0.05) is 24.4 Å². The van der Waals surface area contributed by atoms with Gasteiger partial charge in [0.05, 0.1) is 5.69 Å². The summed E-state index contributed by atoms with van der Waals surface area (Å²) < 4.78 is 3.86. The quantitative estimate of drug-likeness (QED) is 0.554. The first-order valence-electron chi connectivity index (χ1n) is 8.47. The van der Waals surface area contributed by atoms with Gasteiger partial charge in [0.2, 0.25) is 0 Å². The van der Waals surface area contributed by atoms with Gasteiger partial charge in [-0.05, 0) is 18.6 Å². The predicted molar refractivity (Wildman–Crippen MR) is 97.9 cm³/mol. The van der Waals surface area contributed by atoms with Crippen molar-refractivity contribution in [1.82, 2.24) is 24.3 Å². The van der Waals surface area contributed by atoms with E-state index in [9.17, 15) is 0 Å². The van der Waals surface area contributed by atoms with Crippen LogP contribution < -0.4 is 0 Å². The van der Waals surface area contributed by atoms with E-state index in [1.54, 1.807) is 6.20 Å². The van der Waals surface area contributed by atoms with Crippen LogP contribution in [0, 0.1) is 0 Å². The molecule has 124 valence electrons. The third-order valence-electron chi connectivity index (χ3n) is 4.03. The van der Waals surface area contributed by atoms with Crippen LogP contribution in [0.5, 0.6) is 0 Å². The maximum Gasteiger partial charge on any atom is 0.255 e. The molecule has 0 N–H and O–H groups in total. The summed E-state index contributed by atoms with van der Waals surface area (Å²) in [5.41, 5.74) is 2.06. The molecule has 0 unspecified atom stereocenters. The van der Waals surface area contributed by atoms with E-state index < -0.39 is 0 Å². The summed E-state index contributed by atoms with van der Waals surface area (Å²) in [5, 5.41) is 4.76. The van der Waals surface area contributed by atoms with Gasteiger partial charge in [0.15, 0.2) is 0 Å². The van der Waals surface area contributed by atoms with Crippen molar-refractivity contribution in [3.63, 3.8) is 0 Å². The van der Waals surface area contributed by atoms with Crippen LogP contribution in [0.2, 0.25) is 0 Å². The Hall–Kier alpha value is -3.21. The minimum atomic E-state index is 0.642. The Morgan fingerprint density at radius 3 is 2.36 bits per heavy atom. The molecule has 0 aliphatic rings. The fourth-order valence-electron chi connectivity index (χ4n) is 2.86. The molecule has 2 heterocycles. The second-order valence-corrected chi connectivity index (χ2v) is 5.81. The van der Waals surface area contributed by atoms with Crippen molar-refractivity contribution < 1.29 is 0 Å². The second-order valence-electron chi connectivity index (χ2n) is 5.81. The zero-order chi connectivity index (χ0) is 17.1. The third kappa shape index (κ3) is 2.96. The zero-order valence-corrected chi connectivity index (χ0v) is 14.1. The van der Waals surface area contributed by atoms with Crippen LogP contribution in [0.15, 0.2) is 73.1 Å². The minimum Gasteiger partial charge on any atom is -0.266 e. The predicted octanol–water partition coefficient (Wildman–Crippen LogP) is 4.07. The average Bonchev–Trinajstić information content (AvgIpc) is 3.30. The monoisotopic (exact) mass is 329 g/mol. The minimum absolute atomic E-state index is 0.642. The maximum atomic E-state index is 4.78. The molecule has 4 rings (SSSR count). The summed E-state index contributed by atoms with van der Waals surface area (Å²) in [5.74, 6) is 2.44. The van der Waals surface area contributed by atoms with Crippen LogP contribution >= 0.6 is 0 Å². The summed E-state index contributed by atoms with van der Waals surface area (Å²) in [6.45, 7) is 2.15. The first-order valence-corrected chi connectivity index (χ1v) is 8.47. The van der Waals surface area contributed by atoms with Crippen LogP contribution in [0.1, 0.15) is 19.2 Å². The van der Waals surface area contributed by atoms with Gasteiger partial charge in [0.1, 0.15) is 11.6 Å². The van der Waals surface area contributed by atoms with E-state index in [2.05, 4.69) is 11.9 Å². The lowest BCUT2D eigenvalue weighted by Crippen LogP contribution is -2.03. The molecule has 25 heavy (non-hydrogen) atoms. The maximum absolute atomic E-state index is 4.78. The van der Waals surface area contributed by atoms with Crippen LogP contribution in [0.25, 0.3) is 23.0 Å². The Bertz CT molecular complexity index is 954. The van der Waals surface area contributed by atoms with Gasteiger partial charge in [0.25, 0.3) is 5.95 Å². The van der Waals surface area contributed by atoms with Crippen molar-refractivity contribution in [2.75, 3.05) is 0 Å². The molecule has 5 heteroatoms. The zero-order valence-electron chi connectivity index (χ0n) is 14.1. The van der Waals surface area contributed by atoms with Crippen LogP contribution in [-0.2, 0) is 6.42 Å². The number of nitrogens with zero attached hydrogens (tertiary/aromatic N) is 5. The first-order chi connectivity index (χ1) is 12.4. The number of hydrogen-bond donors (Lipinski definition) is 0. The highest BCUT2D eigenvalue weighted by Crippen LogP contribution is 2.21. The van der Waals surface area contributed by atoms with Crippen molar-refractivity contribution in [2.24, 2.45) is 0 Å². The van der Waals surface area contributed by atoms with Crippen molar-refractivity contribution in [3.05, 3.63) is 78.9 Å². The molecule has 0 atom stereocenters. The Labute approximate surface area is 146 Å². The SMILES string of the molecule is CCCc1nc(-n2ccnc2-c2ccccc2)nn1-c1ccccc1. The molecule has 0 aliphatic heterocycles. The van der Waals surface area contributed by atoms with Gasteiger partial charge < -0.3 is 0 Å². The standard InChI is InChI=1S/C20H19N5/c1-2-9-18-22-20(23-25(18)17-12-7-4-8-13-17)24-15-14-21-19(24)16-10-5-3-6-11-16/h3-8,10-15H,2,9H2,1H3. The molecule has 0 saturated heterocycles. The molecule has 2 aromatic carbocycles. The third-order valence-corrected chi connectivity index (χ3v) is 4.03. The number of para-hydroxylation sites is 1. The Morgan fingerprint density at radius 2 is 1.64 bits per heavy atom. The molecule has 0 amide bonds. The van der Waals surface area contributed by atoms with Gasteiger partial charge in [-0.25, -0.2) is 9.67 Å².